The molecule has 1 unspecified atom stereocenters. The first-order valence-corrected chi connectivity index (χ1v) is 3.58. The molecule has 9 heteroatoms. The number of nitrogens with two attached hydrogens (primary N) is 1. The van der Waals surface area contributed by atoms with E-state index in [1.807, 2.05) is 0 Å². The van der Waals surface area contributed by atoms with Crippen LogP contribution in [-0.2, 0) is 14.4 Å². The Hall–Kier alpha value is -1.35. The predicted octanol–water partition coefficient (Wildman–Crippen LogP) is -0.601. The average molecular weight is 230 g/mol. The van der Waals surface area contributed by atoms with Crippen LogP contribution in [0.15, 0.2) is 0 Å². The second-order valence-electron chi connectivity index (χ2n) is 2.81. The van der Waals surface area contributed by atoms with E-state index in [2.05, 4.69) is 10.6 Å². The van der Waals surface area contributed by atoms with Crippen molar-refractivity contribution in [2.75, 3.05) is 6.61 Å². The summed E-state index contributed by atoms with van der Waals surface area (Å²) in [6.07, 6.45) is -4.95. The van der Waals surface area contributed by atoms with Crippen LogP contribution in [0.2, 0.25) is 0 Å². The van der Waals surface area contributed by atoms with Crippen molar-refractivity contribution in [3.8, 4) is 0 Å². The molecular formula is C6H9F3N2O4. The number of hydroxylamine groups is 1. The minimum Gasteiger partial charge on any atom is -0.479 e. The molecule has 0 fully saturated rings. The van der Waals surface area contributed by atoms with Gasteiger partial charge < -0.3 is 10.8 Å². The minimum atomic E-state index is -4.95. The molecule has 0 aromatic rings. The molecule has 0 bridgehead atoms. The van der Waals surface area contributed by atoms with E-state index in [4.69, 9.17) is 5.11 Å². The molecule has 0 saturated carbocycles. The van der Waals surface area contributed by atoms with Crippen molar-refractivity contribution in [3.63, 3.8) is 0 Å². The molecule has 0 spiro atoms. The van der Waals surface area contributed by atoms with Crippen LogP contribution in [0.1, 0.15) is 6.92 Å². The van der Waals surface area contributed by atoms with Crippen LogP contribution < -0.4 is 11.2 Å². The van der Waals surface area contributed by atoms with Crippen molar-refractivity contribution >= 4 is 11.9 Å². The van der Waals surface area contributed by atoms with Crippen LogP contribution in [0.25, 0.3) is 0 Å². The number of amides is 1. The fraction of sp³-hybridized carbons (Fsp3) is 0.667. The first-order chi connectivity index (χ1) is 6.59. The summed E-state index contributed by atoms with van der Waals surface area (Å²) >= 11 is 0. The number of hydrogen-bond acceptors (Lipinski definition) is 4. The highest BCUT2D eigenvalue weighted by Crippen LogP contribution is 2.27. The lowest BCUT2D eigenvalue weighted by atomic mass is 10.0. The van der Waals surface area contributed by atoms with Crippen molar-refractivity contribution in [1.82, 2.24) is 5.48 Å². The molecule has 0 heterocycles. The molecule has 88 valence electrons. The highest BCUT2D eigenvalue weighted by molar-refractivity contribution is 5.85. The second kappa shape index (κ2) is 4.45. The highest BCUT2D eigenvalue weighted by atomic mass is 19.4. The van der Waals surface area contributed by atoms with E-state index in [-0.39, 0.29) is 0 Å². The third-order valence-corrected chi connectivity index (χ3v) is 1.42. The Balaban J connectivity index is 4.27. The monoisotopic (exact) mass is 230 g/mol. The number of halogens is 3. The molecule has 0 rings (SSSR count). The first-order valence-electron chi connectivity index (χ1n) is 3.58. The van der Waals surface area contributed by atoms with Gasteiger partial charge in [-0.15, -0.1) is 0 Å². The number of rotatable bonds is 4. The number of aliphatic carboxylic acids is 1. The lowest BCUT2D eigenvalue weighted by Crippen LogP contribution is -2.61. The number of hydrogen-bond donors (Lipinski definition) is 3. The van der Waals surface area contributed by atoms with Gasteiger partial charge in [0.15, 0.2) is 12.1 Å². The van der Waals surface area contributed by atoms with E-state index in [1.54, 1.807) is 0 Å². The van der Waals surface area contributed by atoms with Crippen molar-refractivity contribution in [3.05, 3.63) is 0 Å². The first kappa shape index (κ1) is 13.7. The Bertz CT molecular complexity index is 264. The predicted molar refractivity (Wildman–Crippen MR) is 40.4 cm³/mol. The van der Waals surface area contributed by atoms with Crippen LogP contribution in [0.3, 0.4) is 0 Å². The highest BCUT2D eigenvalue weighted by Gasteiger charge is 2.54. The molecule has 0 saturated heterocycles. The zero-order valence-electron chi connectivity index (χ0n) is 7.59. The molecule has 4 N–H and O–H groups in total. The number of alkyl halides is 3. The number of carbonyl (C=O) groups excluding carboxylic acids is 1. The topological polar surface area (TPSA) is 102 Å². The van der Waals surface area contributed by atoms with Gasteiger partial charge in [-0.25, -0.2) is 10.3 Å². The van der Waals surface area contributed by atoms with Crippen molar-refractivity contribution in [2.45, 2.75) is 18.6 Å². The van der Waals surface area contributed by atoms with Gasteiger partial charge in [-0.2, -0.15) is 13.2 Å². The van der Waals surface area contributed by atoms with Gasteiger partial charge in [-0.1, -0.05) is 0 Å². The number of carboxylic acid groups (broad SMARTS) is 1. The molecule has 6 nitrogen and oxygen atoms in total. The summed E-state index contributed by atoms with van der Waals surface area (Å²) in [7, 11) is 0. The Kier molecular flexibility index (Phi) is 4.05. The lowest BCUT2D eigenvalue weighted by Gasteiger charge is -2.25. The van der Waals surface area contributed by atoms with Crippen LogP contribution in [0.4, 0.5) is 13.2 Å². The third-order valence-electron chi connectivity index (χ3n) is 1.42. The maximum atomic E-state index is 12.1. The van der Waals surface area contributed by atoms with Gasteiger partial charge in [-0.05, 0) is 6.92 Å². The zero-order valence-corrected chi connectivity index (χ0v) is 7.59. The van der Waals surface area contributed by atoms with Crippen LogP contribution >= 0.6 is 0 Å². The Labute approximate surface area is 82.1 Å². The molecule has 15 heavy (non-hydrogen) atoms. The maximum Gasteiger partial charge on any atom is 0.415 e. The van der Waals surface area contributed by atoms with E-state index in [0.29, 0.717) is 6.92 Å². The van der Waals surface area contributed by atoms with Gasteiger partial charge in [0, 0.05) is 0 Å². The summed E-state index contributed by atoms with van der Waals surface area (Å²) in [6, 6.07) is 0. The molecule has 0 aliphatic heterocycles. The summed E-state index contributed by atoms with van der Waals surface area (Å²) in [5.74, 6) is -3.11. The van der Waals surface area contributed by atoms with Gasteiger partial charge >= 0.3 is 12.1 Å². The van der Waals surface area contributed by atoms with E-state index in [0.717, 1.165) is 0 Å². The fourth-order valence-electron chi connectivity index (χ4n) is 0.398. The molecule has 0 aliphatic carbocycles. The molecule has 0 aromatic carbocycles. The Morgan fingerprint density at radius 3 is 2.27 bits per heavy atom. The quantitative estimate of drug-likeness (QED) is 0.559. The van der Waals surface area contributed by atoms with Gasteiger partial charge in [0.25, 0.3) is 5.91 Å². The molecule has 1 atom stereocenters. The standard InChI is InChI=1S/C6H9F3N2O4/c1-5(10,6(7,8)9)4(14)11-15-2-3(12)13/h2,10H2,1H3,(H,11,14)(H,12,13). The summed E-state index contributed by atoms with van der Waals surface area (Å²) in [6.45, 7) is -0.522. The van der Waals surface area contributed by atoms with Crippen molar-refractivity contribution < 1.29 is 32.7 Å². The van der Waals surface area contributed by atoms with E-state index < -0.39 is 30.2 Å². The molecule has 0 radical (unpaired) electrons. The van der Waals surface area contributed by atoms with E-state index >= 15 is 0 Å². The Morgan fingerprint density at radius 1 is 1.47 bits per heavy atom. The van der Waals surface area contributed by atoms with Gasteiger partial charge in [0.1, 0.15) is 0 Å². The SMILES string of the molecule is CC(N)(C(=O)NOCC(=O)O)C(F)(F)F. The van der Waals surface area contributed by atoms with Gasteiger partial charge in [-0.3, -0.25) is 9.63 Å². The fourth-order valence-corrected chi connectivity index (χ4v) is 0.398. The Morgan fingerprint density at radius 2 is 1.93 bits per heavy atom. The largest absolute Gasteiger partial charge is 0.479 e. The van der Waals surface area contributed by atoms with E-state index in [1.165, 1.54) is 5.48 Å². The normalized spacial score (nSPS) is 15.5. The summed E-state index contributed by atoms with van der Waals surface area (Å²) < 4.78 is 36.3. The number of carbonyl (C=O) groups is 2. The van der Waals surface area contributed by atoms with Crippen LogP contribution in [0.5, 0.6) is 0 Å². The van der Waals surface area contributed by atoms with Gasteiger partial charge in [0.2, 0.25) is 0 Å². The van der Waals surface area contributed by atoms with Crippen LogP contribution in [0, 0.1) is 0 Å². The lowest BCUT2D eigenvalue weighted by molar-refractivity contribution is -0.194. The van der Waals surface area contributed by atoms with Crippen LogP contribution in [-0.4, -0.2) is 35.3 Å². The second-order valence-corrected chi connectivity index (χ2v) is 2.81. The molecule has 0 aliphatic rings. The van der Waals surface area contributed by atoms with E-state index in [9.17, 15) is 22.8 Å². The zero-order chi connectivity index (χ0) is 12.3. The maximum absolute atomic E-state index is 12.1. The minimum absolute atomic E-state index is 0.437. The molecule has 1 amide bonds. The number of nitrogens with one attached hydrogen (secondary N) is 1. The summed E-state index contributed by atoms with van der Waals surface area (Å²) in [5, 5.41) is 8.06. The smallest absolute Gasteiger partial charge is 0.415 e. The summed E-state index contributed by atoms with van der Waals surface area (Å²) in [4.78, 5) is 24.7. The summed E-state index contributed by atoms with van der Waals surface area (Å²) in [5.41, 5.74) is 2.85. The molecule has 0 aromatic heterocycles. The van der Waals surface area contributed by atoms with Crippen molar-refractivity contribution in [2.24, 2.45) is 5.73 Å². The van der Waals surface area contributed by atoms with Crippen molar-refractivity contribution in [1.29, 1.82) is 0 Å². The average Bonchev–Trinajstić information content (AvgIpc) is 2.01. The molecular weight excluding hydrogens is 221 g/mol. The van der Waals surface area contributed by atoms with Gasteiger partial charge in [0.05, 0.1) is 0 Å². The number of carboxylic acids is 1. The third kappa shape index (κ3) is 3.72.